The van der Waals surface area contributed by atoms with Crippen LogP contribution in [0.4, 0.5) is 0 Å². The van der Waals surface area contributed by atoms with Crippen molar-refractivity contribution in [2.75, 3.05) is 39.3 Å². The molecule has 0 atom stereocenters. The zero-order valence-corrected chi connectivity index (χ0v) is 10.2. The summed E-state index contributed by atoms with van der Waals surface area (Å²) in [5, 5.41) is 8.51. The number of carboxylic acid groups (broad SMARTS) is 1. The van der Waals surface area contributed by atoms with Gasteiger partial charge in [-0.2, -0.15) is 0 Å². The molecule has 1 N–H and O–H groups in total. The molecule has 1 aliphatic rings. The van der Waals surface area contributed by atoms with E-state index in [1.807, 2.05) is 13.8 Å². The Morgan fingerprint density at radius 2 is 1.60 bits per heavy atom. The Kier molecular flexibility index (Phi) is 8.33. The highest BCUT2D eigenvalue weighted by Crippen LogP contribution is 2.01. The second-order valence-electron chi connectivity index (χ2n) is 3.42. The summed E-state index contributed by atoms with van der Waals surface area (Å²) >= 11 is 0. The smallest absolute Gasteiger partial charge is 0.304 e. The van der Waals surface area contributed by atoms with Crippen molar-refractivity contribution in [2.45, 2.75) is 27.2 Å². The Bertz CT molecular complexity index is 166. The van der Waals surface area contributed by atoms with E-state index >= 15 is 0 Å². The third-order valence-electron chi connectivity index (χ3n) is 2.55. The minimum atomic E-state index is -0.696. The number of hydrogen-bond acceptors (Lipinski definition) is 3. The number of likely N-dealkylation sites (N-methyl/N-ethyl adjacent to an activating group) is 1. The van der Waals surface area contributed by atoms with Crippen LogP contribution in [0.3, 0.4) is 0 Å². The average Bonchev–Trinajstić information content (AvgIpc) is 2.30. The standard InChI is InChI=1S/C9H18N2O2.C2H6/c1-2-10-5-7-11(8-6-10)4-3-9(12)13;1-2/h2-8H2,1H3,(H,12,13);1-2H3. The SMILES string of the molecule is CC.CCN1CCN(CCC(=O)O)CC1. The van der Waals surface area contributed by atoms with Crippen molar-refractivity contribution in [3.8, 4) is 0 Å². The number of hydrogen-bond donors (Lipinski definition) is 1. The summed E-state index contributed by atoms with van der Waals surface area (Å²) in [5.74, 6) is -0.696. The van der Waals surface area contributed by atoms with E-state index in [0.717, 1.165) is 32.7 Å². The van der Waals surface area contributed by atoms with Gasteiger partial charge in [-0.25, -0.2) is 0 Å². The highest BCUT2D eigenvalue weighted by Gasteiger charge is 2.15. The average molecular weight is 216 g/mol. The summed E-state index contributed by atoms with van der Waals surface area (Å²) in [6, 6.07) is 0. The van der Waals surface area contributed by atoms with Crippen molar-refractivity contribution >= 4 is 5.97 Å². The number of rotatable bonds is 4. The van der Waals surface area contributed by atoms with Gasteiger partial charge in [0.05, 0.1) is 6.42 Å². The highest BCUT2D eigenvalue weighted by atomic mass is 16.4. The van der Waals surface area contributed by atoms with E-state index in [2.05, 4.69) is 16.7 Å². The maximum Gasteiger partial charge on any atom is 0.304 e. The van der Waals surface area contributed by atoms with E-state index in [0.29, 0.717) is 6.54 Å². The zero-order valence-electron chi connectivity index (χ0n) is 10.2. The lowest BCUT2D eigenvalue weighted by Crippen LogP contribution is -2.46. The molecule has 0 bridgehead atoms. The molecule has 0 aromatic rings. The summed E-state index contributed by atoms with van der Waals surface area (Å²) in [4.78, 5) is 14.9. The molecule has 0 unspecified atom stereocenters. The van der Waals surface area contributed by atoms with Crippen LogP contribution in [-0.2, 0) is 4.79 Å². The summed E-state index contributed by atoms with van der Waals surface area (Å²) in [5.41, 5.74) is 0. The largest absolute Gasteiger partial charge is 0.481 e. The van der Waals surface area contributed by atoms with Gasteiger partial charge in [0.2, 0.25) is 0 Å². The van der Waals surface area contributed by atoms with Gasteiger partial charge in [-0.3, -0.25) is 4.79 Å². The Morgan fingerprint density at radius 1 is 1.13 bits per heavy atom. The molecule has 0 radical (unpaired) electrons. The van der Waals surface area contributed by atoms with Crippen LogP contribution in [0.25, 0.3) is 0 Å². The molecule has 90 valence electrons. The second-order valence-corrected chi connectivity index (χ2v) is 3.42. The van der Waals surface area contributed by atoms with Crippen LogP contribution in [0, 0.1) is 0 Å². The lowest BCUT2D eigenvalue weighted by molar-refractivity contribution is -0.137. The van der Waals surface area contributed by atoms with E-state index in [-0.39, 0.29) is 6.42 Å². The molecule has 0 aromatic carbocycles. The maximum absolute atomic E-state index is 10.3. The van der Waals surface area contributed by atoms with Gasteiger partial charge in [0.25, 0.3) is 0 Å². The molecule has 0 amide bonds. The van der Waals surface area contributed by atoms with Crippen molar-refractivity contribution in [3.05, 3.63) is 0 Å². The lowest BCUT2D eigenvalue weighted by Gasteiger charge is -2.33. The van der Waals surface area contributed by atoms with Crippen LogP contribution in [-0.4, -0.2) is 60.1 Å². The minimum Gasteiger partial charge on any atom is -0.481 e. The van der Waals surface area contributed by atoms with Gasteiger partial charge in [0.1, 0.15) is 0 Å². The molecule has 1 rings (SSSR count). The fraction of sp³-hybridized carbons (Fsp3) is 0.909. The Balaban J connectivity index is 0.000000921. The van der Waals surface area contributed by atoms with Gasteiger partial charge in [-0.05, 0) is 6.54 Å². The topological polar surface area (TPSA) is 43.8 Å². The van der Waals surface area contributed by atoms with Gasteiger partial charge < -0.3 is 14.9 Å². The van der Waals surface area contributed by atoms with E-state index in [1.54, 1.807) is 0 Å². The van der Waals surface area contributed by atoms with E-state index < -0.39 is 5.97 Å². The lowest BCUT2D eigenvalue weighted by atomic mass is 10.3. The summed E-state index contributed by atoms with van der Waals surface area (Å²) < 4.78 is 0. The van der Waals surface area contributed by atoms with Crippen molar-refractivity contribution < 1.29 is 9.90 Å². The first-order chi connectivity index (χ1) is 7.22. The van der Waals surface area contributed by atoms with Gasteiger partial charge in [0, 0.05) is 32.7 Å². The molecule has 1 fully saturated rings. The van der Waals surface area contributed by atoms with Crippen LogP contribution in [0.2, 0.25) is 0 Å². The molecule has 0 aromatic heterocycles. The molecule has 0 aliphatic carbocycles. The summed E-state index contributed by atoms with van der Waals surface area (Å²) in [7, 11) is 0. The summed E-state index contributed by atoms with van der Waals surface area (Å²) in [6.07, 6.45) is 0.270. The number of aliphatic carboxylic acids is 1. The second kappa shape index (κ2) is 8.68. The van der Waals surface area contributed by atoms with Gasteiger partial charge in [-0.15, -0.1) is 0 Å². The third kappa shape index (κ3) is 6.47. The maximum atomic E-state index is 10.3. The van der Waals surface area contributed by atoms with Crippen molar-refractivity contribution in [1.82, 2.24) is 9.80 Å². The van der Waals surface area contributed by atoms with Crippen LogP contribution >= 0.6 is 0 Å². The molecule has 0 saturated carbocycles. The monoisotopic (exact) mass is 216 g/mol. The first-order valence-electron chi connectivity index (χ1n) is 5.89. The van der Waals surface area contributed by atoms with Crippen LogP contribution in [0.1, 0.15) is 27.2 Å². The number of nitrogens with zero attached hydrogens (tertiary/aromatic N) is 2. The predicted molar refractivity (Wildman–Crippen MR) is 62.2 cm³/mol. The first kappa shape index (κ1) is 14.4. The number of carbonyl (C=O) groups is 1. The third-order valence-corrected chi connectivity index (χ3v) is 2.55. The van der Waals surface area contributed by atoms with Gasteiger partial charge in [-0.1, -0.05) is 20.8 Å². The molecule has 1 heterocycles. The van der Waals surface area contributed by atoms with Crippen LogP contribution in [0.15, 0.2) is 0 Å². The number of carboxylic acids is 1. The fourth-order valence-corrected chi connectivity index (χ4v) is 1.58. The quantitative estimate of drug-likeness (QED) is 0.765. The fourth-order valence-electron chi connectivity index (χ4n) is 1.58. The van der Waals surface area contributed by atoms with Gasteiger partial charge >= 0.3 is 5.97 Å². The Hall–Kier alpha value is -0.610. The van der Waals surface area contributed by atoms with Crippen LogP contribution in [0.5, 0.6) is 0 Å². The molecular weight excluding hydrogens is 192 g/mol. The van der Waals surface area contributed by atoms with Crippen molar-refractivity contribution in [1.29, 1.82) is 0 Å². The highest BCUT2D eigenvalue weighted by molar-refractivity contribution is 5.66. The Labute approximate surface area is 92.9 Å². The summed E-state index contributed by atoms with van der Waals surface area (Å²) in [6.45, 7) is 12.2. The molecule has 0 spiro atoms. The van der Waals surface area contributed by atoms with E-state index in [1.165, 1.54) is 0 Å². The van der Waals surface area contributed by atoms with Crippen LogP contribution < -0.4 is 0 Å². The number of piperazine rings is 1. The Morgan fingerprint density at radius 3 is 2.00 bits per heavy atom. The first-order valence-corrected chi connectivity index (χ1v) is 5.89. The molecule has 4 nitrogen and oxygen atoms in total. The molecule has 4 heteroatoms. The van der Waals surface area contributed by atoms with Crippen molar-refractivity contribution in [2.24, 2.45) is 0 Å². The predicted octanol–water partition coefficient (Wildman–Crippen LogP) is 1.12. The molecule has 15 heavy (non-hydrogen) atoms. The molecule has 1 aliphatic heterocycles. The minimum absolute atomic E-state index is 0.270. The van der Waals surface area contributed by atoms with Gasteiger partial charge in [0.15, 0.2) is 0 Å². The van der Waals surface area contributed by atoms with E-state index in [9.17, 15) is 4.79 Å². The van der Waals surface area contributed by atoms with Crippen molar-refractivity contribution in [3.63, 3.8) is 0 Å². The van der Waals surface area contributed by atoms with E-state index in [4.69, 9.17) is 5.11 Å². The zero-order chi connectivity index (χ0) is 11.7. The molecule has 1 saturated heterocycles. The normalized spacial score (nSPS) is 18.1. The molecular formula is C11H24N2O2.